The number of rotatable bonds is 6. The molecule has 0 unspecified atom stereocenters. The molecule has 298 valence electrons. The van der Waals surface area contributed by atoms with Gasteiger partial charge in [-0.3, -0.25) is 11.8 Å². The molecule has 0 fully saturated rings. The third kappa shape index (κ3) is 11.2. The maximum absolute atomic E-state index is 7.08. The van der Waals surface area contributed by atoms with Crippen LogP contribution in [0.3, 0.4) is 0 Å². The van der Waals surface area contributed by atoms with E-state index >= 15 is 0 Å². The third-order valence-electron chi connectivity index (χ3n) is 10.3. The van der Waals surface area contributed by atoms with Gasteiger partial charge in [-0.25, -0.2) is 0 Å². The summed E-state index contributed by atoms with van der Waals surface area (Å²) in [4.78, 5) is 0. The molecular weight excluding hydrogens is 1130 g/mol. The average molecular weight is 1170 g/mol. The molecule has 0 spiro atoms. The summed E-state index contributed by atoms with van der Waals surface area (Å²) in [5, 5.41) is 13.3. The van der Waals surface area contributed by atoms with Gasteiger partial charge in [0.05, 0.1) is 0 Å². The van der Waals surface area contributed by atoms with Gasteiger partial charge in [0.2, 0.25) is 0 Å². The van der Waals surface area contributed by atoms with Gasteiger partial charge in [0, 0.05) is 0 Å². The zero-order valence-electron chi connectivity index (χ0n) is 33.4. The summed E-state index contributed by atoms with van der Waals surface area (Å²) in [6.07, 6.45) is 14.2. The molecule has 0 atom stereocenters. The number of benzene rings is 9. The van der Waals surface area contributed by atoms with Gasteiger partial charge in [-0.15, -0.1) is 23.3 Å². The van der Waals surface area contributed by atoms with E-state index in [4.69, 9.17) is 12.8 Å². The Labute approximate surface area is 390 Å². The molecule has 0 radical (unpaired) electrons. The summed E-state index contributed by atoms with van der Waals surface area (Å²) in [5.74, 6) is 4.84. The standard InChI is InChI=1S/C32H28P2.2C12H7.2Au/c1-25-23-31(33(27-15-7-3-8-16-27)28-17-9-4-10-18-28)32(24-26(25)2)34(29-19-11-5-12-20-29)30-21-13-6-14-22-30;2*1-2-10-7-5-8-11-6-3-4-9-12(10)11;;/h3-24H,1-2H3;2*3-9H;;/q;2*-1;2*+1/p+2. The first-order chi connectivity index (χ1) is 28.6. The summed E-state index contributed by atoms with van der Waals surface area (Å²) in [6.45, 7) is 4.52. The minimum atomic E-state index is -1.18. The Morgan fingerprint density at radius 1 is 0.333 bits per heavy atom. The maximum Gasteiger partial charge on any atom is 1.00 e. The molecule has 0 amide bonds. The molecule has 0 aliphatic rings. The van der Waals surface area contributed by atoms with Crippen molar-refractivity contribution in [3.05, 3.63) is 253 Å². The fourth-order valence-corrected chi connectivity index (χ4v) is 13.4. The molecule has 9 rings (SSSR count). The van der Waals surface area contributed by atoms with Gasteiger partial charge < -0.3 is 12.8 Å². The van der Waals surface area contributed by atoms with Gasteiger partial charge in [0.25, 0.3) is 0 Å². The van der Waals surface area contributed by atoms with Crippen LogP contribution in [0.5, 0.6) is 0 Å². The van der Waals surface area contributed by atoms with Crippen molar-refractivity contribution in [2.45, 2.75) is 13.8 Å². The Hall–Kier alpha value is -5.04. The van der Waals surface area contributed by atoms with Crippen LogP contribution in [0.25, 0.3) is 21.5 Å². The fourth-order valence-electron chi connectivity index (χ4n) is 7.27. The molecule has 0 aromatic heterocycles. The minimum absolute atomic E-state index is 0. The third-order valence-corrected chi connectivity index (χ3v) is 16.1. The Kier molecular flexibility index (Phi) is 17.7. The molecule has 4 heteroatoms. The molecule has 9 aromatic rings. The number of fused-ring (bicyclic) bond motifs is 2. The van der Waals surface area contributed by atoms with Crippen LogP contribution in [-0.2, 0) is 44.8 Å². The molecule has 0 bridgehead atoms. The molecule has 60 heavy (non-hydrogen) atoms. The Bertz CT molecular complexity index is 2540. The first-order valence-corrected chi connectivity index (χ1v) is 22.4. The summed E-state index contributed by atoms with van der Waals surface area (Å²) in [7, 11) is -2.36. The van der Waals surface area contributed by atoms with E-state index in [9.17, 15) is 0 Å². The van der Waals surface area contributed by atoms with Crippen molar-refractivity contribution in [3.8, 4) is 11.8 Å². The van der Waals surface area contributed by atoms with E-state index < -0.39 is 15.8 Å². The predicted molar refractivity (Wildman–Crippen MR) is 256 cm³/mol. The van der Waals surface area contributed by atoms with Gasteiger partial charge in [0.15, 0.2) is 0 Å². The van der Waals surface area contributed by atoms with Crippen molar-refractivity contribution in [2.24, 2.45) is 0 Å². The van der Waals surface area contributed by atoms with Crippen LogP contribution in [0.4, 0.5) is 0 Å². The van der Waals surface area contributed by atoms with Crippen LogP contribution in [-0.4, -0.2) is 0 Å². The van der Waals surface area contributed by atoms with Crippen LogP contribution < -0.4 is 31.8 Å². The quantitative estimate of drug-likeness (QED) is 0.0674. The van der Waals surface area contributed by atoms with Crippen molar-refractivity contribution in [2.75, 3.05) is 0 Å². The van der Waals surface area contributed by atoms with Crippen molar-refractivity contribution < 1.29 is 44.8 Å². The monoisotopic (exact) mass is 1170 g/mol. The molecule has 0 aliphatic carbocycles. The zero-order chi connectivity index (χ0) is 40.1. The predicted octanol–water partition coefficient (Wildman–Crippen LogP) is 10.8. The molecule has 0 nitrogen and oxygen atoms in total. The Morgan fingerprint density at radius 3 is 0.900 bits per heavy atom. The van der Waals surface area contributed by atoms with Crippen LogP contribution in [0.2, 0.25) is 0 Å². The van der Waals surface area contributed by atoms with E-state index in [0.29, 0.717) is 0 Å². The SMILES string of the molecule is Cc1cc([PH+](c2ccccc2)c2ccccc2)c([PH+](c2ccccc2)c2ccccc2)cc1C.[Au+].[Au+].[C-]#Cc1cccc2ccccc12.[C-]#Cc1cccc2ccccc12. The molecule has 0 saturated carbocycles. The maximum atomic E-state index is 7.08. The summed E-state index contributed by atoms with van der Waals surface area (Å²) in [5.41, 5.74) is 4.45. The Balaban J connectivity index is 0.000000214. The van der Waals surface area contributed by atoms with Crippen LogP contribution in [0.15, 0.2) is 218 Å². The van der Waals surface area contributed by atoms with Crippen LogP contribution >= 0.6 is 15.8 Å². The fraction of sp³-hybridized carbons (Fsp3) is 0.0357. The van der Waals surface area contributed by atoms with E-state index in [-0.39, 0.29) is 44.8 Å². The second-order valence-corrected chi connectivity index (χ2v) is 18.9. The number of hydrogen-bond donors (Lipinski definition) is 0. The van der Waals surface area contributed by atoms with Crippen LogP contribution in [0.1, 0.15) is 22.3 Å². The smallest absolute Gasteiger partial charge is 0.366 e. The van der Waals surface area contributed by atoms with Gasteiger partial charge in [-0.05, 0) is 96.4 Å². The minimum Gasteiger partial charge on any atom is -0.366 e. The molecule has 0 N–H and O–H groups in total. The largest absolute Gasteiger partial charge is 1.00 e. The molecule has 0 heterocycles. The molecular formula is C56H44Au2P2+2. The summed E-state index contributed by atoms with van der Waals surface area (Å²) >= 11 is 0. The first-order valence-electron chi connectivity index (χ1n) is 19.4. The van der Waals surface area contributed by atoms with E-state index in [2.05, 4.69) is 159 Å². The number of aryl methyl sites for hydroxylation is 2. The summed E-state index contributed by atoms with van der Waals surface area (Å²) < 4.78 is 0. The average Bonchev–Trinajstić information content (AvgIpc) is 3.29. The zero-order valence-corrected chi connectivity index (χ0v) is 39.7. The van der Waals surface area contributed by atoms with Gasteiger partial charge >= 0.3 is 44.8 Å². The normalized spacial score (nSPS) is 10.2. The van der Waals surface area contributed by atoms with E-state index in [1.807, 2.05) is 84.9 Å². The second kappa shape index (κ2) is 23.1. The molecule has 9 aromatic carbocycles. The van der Waals surface area contributed by atoms with E-state index in [0.717, 1.165) is 32.7 Å². The van der Waals surface area contributed by atoms with Crippen molar-refractivity contribution in [3.63, 3.8) is 0 Å². The molecule has 0 aliphatic heterocycles. The van der Waals surface area contributed by atoms with Crippen LogP contribution in [0, 0.1) is 38.5 Å². The van der Waals surface area contributed by atoms with Crippen molar-refractivity contribution in [1.82, 2.24) is 0 Å². The van der Waals surface area contributed by atoms with E-state index in [1.54, 1.807) is 0 Å². The van der Waals surface area contributed by atoms with Gasteiger partial charge in [0.1, 0.15) is 47.7 Å². The second-order valence-electron chi connectivity index (χ2n) is 14.0. The van der Waals surface area contributed by atoms with Crippen molar-refractivity contribution in [1.29, 1.82) is 0 Å². The first kappa shape index (κ1) is 46.0. The topological polar surface area (TPSA) is 0 Å². The van der Waals surface area contributed by atoms with Gasteiger partial charge in [-0.2, -0.15) is 0 Å². The summed E-state index contributed by atoms with van der Waals surface area (Å²) in [6, 6.07) is 77.3. The Morgan fingerprint density at radius 2 is 0.600 bits per heavy atom. The van der Waals surface area contributed by atoms with Gasteiger partial charge in [-0.1, -0.05) is 156 Å². The van der Waals surface area contributed by atoms with Crippen molar-refractivity contribution >= 4 is 69.2 Å². The molecule has 0 saturated heterocycles. The number of hydrogen-bond acceptors (Lipinski definition) is 0. The van der Waals surface area contributed by atoms with E-state index in [1.165, 1.54) is 43.0 Å².